The van der Waals surface area contributed by atoms with Crippen molar-refractivity contribution in [3.8, 4) is 0 Å². The van der Waals surface area contributed by atoms with Crippen LogP contribution >= 0.6 is 0 Å². The standard InChI is InChI=1S/C10H19NO3/c1-4-9(12)8(11-7(2)3)5-6-10(13)14/h7-8,11H,4-6H2,1-3H3,(H,13,14). The number of hydrogen-bond donors (Lipinski definition) is 2. The van der Waals surface area contributed by atoms with Gasteiger partial charge in [0.05, 0.1) is 6.04 Å². The van der Waals surface area contributed by atoms with Crippen molar-refractivity contribution in [2.75, 3.05) is 0 Å². The average Bonchev–Trinajstić information content (AvgIpc) is 2.10. The highest BCUT2D eigenvalue weighted by Crippen LogP contribution is 2.02. The van der Waals surface area contributed by atoms with Crippen LogP contribution in [0.2, 0.25) is 0 Å². The molecule has 0 aromatic heterocycles. The summed E-state index contributed by atoms with van der Waals surface area (Å²) in [6, 6.07) is -0.111. The molecule has 0 rings (SSSR count). The van der Waals surface area contributed by atoms with E-state index in [9.17, 15) is 9.59 Å². The predicted octanol–water partition coefficient (Wildman–Crippen LogP) is 1.20. The molecule has 0 aliphatic carbocycles. The summed E-state index contributed by atoms with van der Waals surface area (Å²) in [6.07, 6.45) is 0.861. The van der Waals surface area contributed by atoms with Crippen molar-refractivity contribution in [3.05, 3.63) is 0 Å². The number of aliphatic carboxylic acids is 1. The van der Waals surface area contributed by atoms with E-state index in [4.69, 9.17) is 5.11 Å². The average molecular weight is 201 g/mol. The Morgan fingerprint density at radius 3 is 2.29 bits per heavy atom. The van der Waals surface area contributed by atoms with Crippen molar-refractivity contribution in [1.82, 2.24) is 5.32 Å². The number of rotatable bonds is 7. The third kappa shape index (κ3) is 5.70. The molecule has 1 unspecified atom stereocenters. The molecule has 4 heteroatoms. The fourth-order valence-corrected chi connectivity index (χ4v) is 1.25. The van der Waals surface area contributed by atoms with Crippen LogP contribution < -0.4 is 5.32 Å². The van der Waals surface area contributed by atoms with Gasteiger partial charge in [0.25, 0.3) is 0 Å². The maximum absolute atomic E-state index is 11.4. The molecule has 0 radical (unpaired) electrons. The molecule has 14 heavy (non-hydrogen) atoms. The first-order chi connectivity index (χ1) is 6.47. The van der Waals surface area contributed by atoms with E-state index >= 15 is 0 Å². The number of carboxylic acids is 1. The molecule has 0 aliphatic rings. The maximum Gasteiger partial charge on any atom is 0.303 e. The summed E-state index contributed by atoms with van der Waals surface area (Å²) >= 11 is 0. The minimum atomic E-state index is -0.857. The smallest absolute Gasteiger partial charge is 0.303 e. The second-order valence-corrected chi connectivity index (χ2v) is 3.63. The van der Waals surface area contributed by atoms with Gasteiger partial charge in [0.2, 0.25) is 0 Å². The van der Waals surface area contributed by atoms with Crippen LogP contribution in [0.3, 0.4) is 0 Å². The van der Waals surface area contributed by atoms with Gasteiger partial charge in [-0.3, -0.25) is 9.59 Å². The molecule has 0 spiro atoms. The molecule has 4 nitrogen and oxygen atoms in total. The van der Waals surface area contributed by atoms with Crippen molar-refractivity contribution < 1.29 is 14.7 Å². The van der Waals surface area contributed by atoms with Gasteiger partial charge in [0.15, 0.2) is 0 Å². The molecule has 0 saturated carbocycles. The van der Waals surface area contributed by atoms with Crippen LogP contribution in [0.25, 0.3) is 0 Å². The predicted molar refractivity (Wildman–Crippen MR) is 54.2 cm³/mol. The third-order valence-corrected chi connectivity index (χ3v) is 1.92. The Morgan fingerprint density at radius 2 is 1.93 bits per heavy atom. The van der Waals surface area contributed by atoms with Gasteiger partial charge in [-0.1, -0.05) is 20.8 Å². The summed E-state index contributed by atoms with van der Waals surface area (Å²) in [4.78, 5) is 21.8. The van der Waals surface area contributed by atoms with Gasteiger partial charge in [0, 0.05) is 18.9 Å². The van der Waals surface area contributed by atoms with Crippen LogP contribution in [0.15, 0.2) is 0 Å². The maximum atomic E-state index is 11.4. The van der Waals surface area contributed by atoms with Crippen LogP contribution in [0.5, 0.6) is 0 Å². The number of nitrogens with one attached hydrogen (secondary N) is 1. The second kappa shape index (κ2) is 6.54. The number of Topliss-reactive ketones (excluding diaryl/α,β-unsaturated/α-hetero) is 1. The van der Waals surface area contributed by atoms with Gasteiger partial charge in [-0.05, 0) is 6.42 Å². The summed E-state index contributed by atoms with van der Waals surface area (Å²) in [5.74, 6) is -0.774. The fourth-order valence-electron chi connectivity index (χ4n) is 1.25. The fraction of sp³-hybridized carbons (Fsp3) is 0.800. The number of carbonyl (C=O) groups excluding carboxylic acids is 1. The van der Waals surface area contributed by atoms with Crippen molar-refractivity contribution in [1.29, 1.82) is 0 Å². The van der Waals surface area contributed by atoms with Gasteiger partial charge in [-0.25, -0.2) is 0 Å². The molecule has 0 saturated heterocycles. The molecule has 1 atom stereocenters. The van der Waals surface area contributed by atoms with E-state index in [2.05, 4.69) is 5.32 Å². The molecule has 0 aromatic rings. The highest BCUT2D eigenvalue weighted by Gasteiger charge is 2.17. The monoisotopic (exact) mass is 201 g/mol. The van der Waals surface area contributed by atoms with E-state index in [1.807, 2.05) is 13.8 Å². The van der Waals surface area contributed by atoms with E-state index in [0.717, 1.165) is 0 Å². The Morgan fingerprint density at radius 1 is 1.36 bits per heavy atom. The van der Waals surface area contributed by atoms with E-state index < -0.39 is 5.97 Å². The van der Waals surface area contributed by atoms with E-state index in [0.29, 0.717) is 12.8 Å². The Balaban J connectivity index is 4.10. The van der Waals surface area contributed by atoms with Crippen LogP contribution in [-0.2, 0) is 9.59 Å². The van der Waals surface area contributed by atoms with Crippen molar-refractivity contribution in [2.45, 2.75) is 52.1 Å². The van der Waals surface area contributed by atoms with Crippen LogP contribution in [0, 0.1) is 0 Å². The Kier molecular flexibility index (Phi) is 6.12. The summed E-state index contributed by atoms with van der Waals surface area (Å²) in [5, 5.41) is 11.6. The Labute approximate surface area is 84.7 Å². The molecule has 0 heterocycles. The topological polar surface area (TPSA) is 66.4 Å². The van der Waals surface area contributed by atoms with Crippen molar-refractivity contribution >= 4 is 11.8 Å². The minimum Gasteiger partial charge on any atom is -0.481 e. The normalized spacial score (nSPS) is 12.9. The van der Waals surface area contributed by atoms with Gasteiger partial charge < -0.3 is 10.4 Å². The van der Waals surface area contributed by atoms with E-state index in [-0.39, 0.29) is 24.3 Å². The zero-order valence-corrected chi connectivity index (χ0v) is 9.04. The third-order valence-electron chi connectivity index (χ3n) is 1.92. The molecule has 0 aromatic carbocycles. The highest BCUT2D eigenvalue weighted by atomic mass is 16.4. The van der Waals surface area contributed by atoms with Crippen molar-refractivity contribution in [3.63, 3.8) is 0 Å². The van der Waals surface area contributed by atoms with Crippen LogP contribution in [-0.4, -0.2) is 28.9 Å². The zero-order valence-electron chi connectivity index (χ0n) is 9.04. The number of carbonyl (C=O) groups is 2. The molecule has 0 bridgehead atoms. The quantitative estimate of drug-likeness (QED) is 0.649. The molecule has 2 N–H and O–H groups in total. The molecule has 0 aliphatic heterocycles. The number of hydrogen-bond acceptors (Lipinski definition) is 3. The van der Waals surface area contributed by atoms with E-state index in [1.165, 1.54) is 0 Å². The minimum absolute atomic E-state index is 0.0378. The second-order valence-electron chi connectivity index (χ2n) is 3.63. The summed E-state index contributed by atoms with van der Waals surface area (Å²) in [7, 11) is 0. The lowest BCUT2D eigenvalue weighted by Gasteiger charge is -2.18. The van der Waals surface area contributed by atoms with Crippen LogP contribution in [0.1, 0.15) is 40.0 Å². The van der Waals surface area contributed by atoms with E-state index in [1.54, 1.807) is 6.92 Å². The molecule has 0 fully saturated rings. The Bertz CT molecular complexity index is 202. The van der Waals surface area contributed by atoms with Crippen LogP contribution in [0.4, 0.5) is 0 Å². The summed E-state index contributed by atoms with van der Waals surface area (Å²) in [6.45, 7) is 5.67. The lowest BCUT2D eigenvalue weighted by Crippen LogP contribution is -2.40. The summed E-state index contributed by atoms with van der Waals surface area (Å²) in [5.41, 5.74) is 0. The number of carboxylic acid groups (broad SMARTS) is 1. The SMILES string of the molecule is CCC(=O)C(CCC(=O)O)NC(C)C. The summed E-state index contributed by atoms with van der Waals surface area (Å²) < 4.78 is 0. The lowest BCUT2D eigenvalue weighted by atomic mass is 10.0. The zero-order chi connectivity index (χ0) is 11.1. The van der Waals surface area contributed by atoms with Gasteiger partial charge in [-0.15, -0.1) is 0 Å². The number of ketones is 1. The largest absolute Gasteiger partial charge is 0.481 e. The first-order valence-electron chi connectivity index (χ1n) is 4.98. The van der Waals surface area contributed by atoms with Crippen molar-refractivity contribution in [2.24, 2.45) is 0 Å². The van der Waals surface area contributed by atoms with Gasteiger partial charge in [-0.2, -0.15) is 0 Å². The molecular weight excluding hydrogens is 182 g/mol. The Hall–Kier alpha value is -0.900. The van der Waals surface area contributed by atoms with Gasteiger partial charge in [0.1, 0.15) is 5.78 Å². The highest BCUT2D eigenvalue weighted by molar-refractivity contribution is 5.84. The molecule has 0 amide bonds. The van der Waals surface area contributed by atoms with Gasteiger partial charge >= 0.3 is 5.97 Å². The first-order valence-corrected chi connectivity index (χ1v) is 4.98. The first kappa shape index (κ1) is 13.1. The molecular formula is C10H19NO3. The lowest BCUT2D eigenvalue weighted by molar-refractivity contribution is -0.137. The molecule has 82 valence electrons.